The zero-order valence-corrected chi connectivity index (χ0v) is 15.5. The van der Waals surface area contributed by atoms with E-state index in [0.717, 1.165) is 4.90 Å². The minimum Gasteiger partial charge on any atom is -0.597 e. The molecule has 130 valence electrons. The van der Waals surface area contributed by atoms with Gasteiger partial charge < -0.3 is 14.6 Å². The van der Waals surface area contributed by atoms with Crippen molar-refractivity contribution in [2.75, 3.05) is 6.61 Å². The van der Waals surface area contributed by atoms with Crippen LogP contribution in [0.25, 0.3) is 0 Å². The van der Waals surface area contributed by atoms with Crippen molar-refractivity contribution in [1.82, 2.24) is 10.2 Å². The molecule has 12 heteroatoms. The van der Waals surface area contributed by atoms with Gasteiger partial charge in [0.2, 0.25) is 15.6 Å². The fourth-order valence-corrected chi connectivity index (χ4v) is 3.51. The molecule has 23 heavy (non-hydrogen) atoms. The van der Waals surface area contributed by atoms with Crippen LogP contribution >= 0.6 is 45.5 Å². The number of β-lactam (4-membered cyclic amide) rings is 1. The van der Waals surface area contributed by atoms with Crippen molar-refractivity contribution in [3.8, 4) is 0 Å². The summed E-state index contributed by atoms with van der Waals surface area (Å²) in [6, 6.07) is -2.37. The number of likely N-dealkylation sites (tertiary alicyclic amines) is 1. The number of nitrogens with one attached hydrogen (secondary N) is 1. The number of ether oxygens (including phenoxy) is 1. The molecule has 2 amide bonds. The second kappa shape index (κ2) is 8.13. The van der Waals surface area contributed by atoms with Gasteiger partial charge in [-0.3, -0.25) is 14.5 Å². The quantitative estimate of drug-likeness (QED) is 0.164. The number of carbonyl (C=O) groups excluding carboxylic acids is 3. The number of rotatable bonds is 7. The van der Waals surface area contributed by atoms with Gasteiger partial charge in [-0.1, -0.05) is 41.4 Å². The molecule has 1 saturated heterocycles. The molecule has 1 aliphatic heterocycles. The molecule has 1 fully saturated rings. The van der Waals surface area contributed by atoms with E-state index in [4.69, 9.17) is 50.2 Å². The van der Waals surface area contributed by atoms with Gasteiger partial charge in [0.25, 0.3) is 5.91 Å². The smallest absolute Gasteiger partial charge is 0.333 e. The first kappa shape index (κ1) is 20.7. The molecule has 0 aliphatic carbocycles. The van der Waals surface area contributed by atoms with E-state index in [9.17, 15) is 18.9 Å². The summed E-state index contributed by atoms with van der Waals surface area (Å²) in [5, 5.41) is 1.07. The van der Waals surface area contributed by atoms with Crippen LogP contribution in [-0.4, -0.2) is 55.6 Å². The average Bonchev–Trinajstić information content (AvgIpc) is 2.41. The van der Waals surface area contributed by atoms with E-state index in [0.29, 0.717) is 0 Å². The summed E-state index contributed by atoms with van der Waals surface area (Å²) in [7, 11) is 3.50. The molecule has 0 aromatic heterocycles. The van der Waals surface area contributed by atoms with Gasteiger partial charge >= 0.3 is 5.97 Å². The summed E-state index contributed by atoms with van der Waals surface area (Å²) in [5.74, 6) is -1.58. The summed E-state index contributed by atoms with van der Waals surface area (Å²) in [6.45, 7) is 4.51. The highest BCUT2D eigenvalue weighted by molar-refractivity contribution is 8.14. The van der Waals surface area contributed by atoms with Crippen LogP contribution in [0.5, 0.6) is 0 Å². The van der Waals surface area contributed by atoms with Crippen LogP contribution in [0.2, 0.25) is 0 Å². The van der Waals surface area contributed by atoms with Crippen molar-refractivity contribution >= 4 is 74.2 Å². The monoisotopic (exact) mass is 424 g/mol. The molecule has 1 N–H and O–H groups in total. The summed E-state index contributed by atoms with van der Waals surface area (Å²) in [4.78, 5) is 35.7. The number of carbonyl (C=O) groups is 3. The minimum absolute atomic E-state index is 0.226. The molecule has 4 unspecified atom stereocenters. The second-order valence-electron chi connectivity index (χ2n) is 4.62. The number of hydrogen-bond donors (Lipinski definition) is 1. The fourth-order valence-electron chi connectivity index (χ4n) is 1.97. The molecule has 7 nitrogen and oxygen atoms in total. The maximum absolute atomic E-state index is 12.2. The van der Waals surface area contributed by atoms with Gasteiger partial charge in [-0.15, -0.1) is 0 Å². The molecule has 0 radical (unpaired) electrons. The van der Waals surface area contributed by atoms with Crippen molar-refractivity contribution < 1.29 is 23.7 Å². The molecular formula is C11H12Cl4N2O5S. The lowest BCUT2D eigenvalue weighted by Crippen LogP contribution is -2.75. The van der Waals surface area contributed by atoms with Gasteiger partial charge in [0.1, 0.15) is 6.61 Å². The van der Waals surface area contributed by atoms with Crippen molar-refractivity contribution in [3.63, 3.8) is 0 Å². The van der Waals surface area contributed by atoms with Crippen molar-refractivity contribution in [2.24, 2.45) is 0 Å². The highest BCUT2D eigenvalue weighted by atomic mass is 35.7. The summed E-state index contributed by atoms with van der Waals surface area (Å²) >= 11 is 16.5. The SMILES string of the molecule is C=C(C)C(C(=O)OCC(Cl)(Cl)Cl)N1C(=O)C(NC=O)C1[S+]([O-])Cl. The Morgan fingerprint density at radius 3 is 2.57 bits per heavy atom. The number of hydrogen-bond acceptors (Lipinski definition) is 5. The first-order chi connectivity index (χ1) is 10.5. The minimum atomic E-state index is -2.05. The molecule has 0 spiro atoms. The molecule has 0 aromatic carbocycles. The predicted octanol–water partition coefficient (Wildman–Crippen LogP) is 1.03. The summed E-state index contributed by atoms with van der Waals surface area (Å²) in [6.07, 6.45) is 0.271. The van der Waals surface area contributed by atoms with E-state index in [2.05, 4.69) is 11.9 Å². The normalized spacial score (nSPS) is 23.6. The van der Waals surface area contributed by atoms with E-state index in [1.165, 1.54) is 6.92 Å². The third-order valence-corrected chi connectivity index (χ3v) is 4.62. The standard InChI is InChI=1S/C11H12Cl4N2O5S/c1-5(2)7(10(20)22-3-11(12,13)14)17-8(19)6(16-4-18)9(17)23(15)21/h4,6-7,9H,1,3H2,2H3,(H,16,18). The molecule has 4 atom stereocenters. The van der Waals surface area contributed by atoms with Crippen molar-refractivity contribution in [3.05, 3.63) is 12.2 Å². The van der Waals surface area contributed by atoms with Crippen LogP contribution in [0.1, 0.15) is 6.92 Å². The van der Waals surface area contributed by atoms with Gasteiger partial charge in [0.15, 0.2) is 22.8 Å². The largest absolute Gasteiger partial charge is 0.597 e. The van der Waals surface area contributed by atoms with Crippen LogP contribution in [-0.2, 0) is 29.5 Å². The lowest BCUT2D eigenvalue weighted by atomic mass is 9.99. The van der Waals surface area contributed by atoms with E-state index >= 15 is 0 Å². The van der Waals surface area contributed by atoms with E-state index < -0.39 is 50.1 Å². The maximum Gasteiger partial charge on any atom is 0.333 e. The Morgan fingerprint density at radius 1 is 1.61 bits per heavy atom. The van der Waals surface area contributed by atoms with E-state index in [-0.39, 0.29) is 12.0 Å². The molecule has 0 bridgehead atoms. The number of alkyl halides is 3. The lowest BCUT2D eigenvalue weighted by Gasteiger charge is -2.46. The summed E-state index contributed by atoms with van der Waals surface area (Å²) < 4.78 is 14.6. The molecular weight excluding hydrogens is 414 g/mol. The molecule has 1 rings (SSSR count). The Morgan fingerprint density at radius 2 is 2.17 bits per heavy atom. The van der Waals surface area contributed by atoms with Crippen LogP contribution in [0.4, 0.5) is 0 Å². The van der Waals surface area contributed by atoms with Crippen LogP contribution < -0.4 is 5.32 Å². The third kappa shape index (κ3) is 5.04. The Balaban J connectivity index is 2.96. The van der Waals surface area contributed by atoms with Gasteiger partial charge in [-0.2, -0.15) is 0 Å². The number of amides is 2. The summed E-state index contributed by atoms with van der Waals surface area (Å²) in [5.41, 5.74) is 0.226. The third-order valence-electron chi connectivity index (χ3n) is 2.86. The molecule has 0 aromatic rings. The van der Waals surface area contributed by atoms with Crippen LogP contribution in [0.3, 0.4) is 0 Å². The fraction of sp³-hybridized carbons (Fsp3) is 0.545. The molecule has 1 aliphatic rings. The zero-order chi connectivity index (χ0) is 17.9. The lowest BCUT2D eigenvalue weighted by molar-refractivity contribution is -0.162. The van der Waals surface area contributed by atoms with Gasteiger partial charge in [0, 0.05) is 0 Å². The van der Waals surface area contributed by atoms with Crippen molar-refractivity contribution in [1.29, 1.82) is 0 Å². The van der Waals surface area contributed by atoms with Gasteiger partial charge in [0.05, 0.1) is 10.4 Å². The Labute approximate surface area is 154 Å². The number of esters is 1. The first-order valence-electron chi connectivity index (χ1n) is 5.98. The van der Waals surface area contributed by atoms with Gasteiger partial charge in [-0.05, 0) is 12.5 Å². The van der Waals surface area contributed by atoms with Crippen LogP contribution in [0.15, 0.2) is 12.2 Å². The molecule has 1 heterocycles. The first-order valence-corrected chi connectivity index (χ1v) is 9.16. The number of halogens is 4. The Kier molecular flexibility index (Phi) is 7.31. The van der Waals surface area contributed by atoms with Crippen molar-refractivity contribution in [2.45, 2.75) is 28.2 Å². The Bertz CT molecular complexity index is 513. The maximum atomic E-state index is 12.2. The van der Waals surface area contributed by atoms with Crippen LogP contribution in [0, 0.1) is 0 Å². The Hall–Kier alpha value is -0.380. The number of nitrogens with zero attached hydrogens (tertiary/aromatic N) is 1. The average molecular weight is 426 g/mol. The second-order valence-corrected chi connectivity index (χ2v) is 9.03. The highest BCUT2D eigenvalue weighted by Gasteiger charge is 2.59. The topological polar surface area (TPSA) is 98.8 Å². The van der Waals surface area contributed by atoms with E-state index in [1.807, 2.05) is 0 Å². The van der Waals surface area contributed by atoms with E-state index in [1.54, 1.807) is 0 Å². The zero-order valence-electron chi connectivity index (χ0n) is 11.6. The van der Waals surface area contributed by atoms with Gasteiger partial charge in [-0.25, -0.2) is 4.79 Å². The predicted molar refractivity (Wildman–Crippen MR) is 87.5 cm³/mol. The highest BCUT2D eigenvalue weighted by Crippen LogP contribution is 2.33. The molecule has 0 saturated carbocycles.